The highest BCUT2D eigenvalue weighted by atomic mass is 14.0. The SMILES string of the molecule is [c]1ccc(C2=CC=C2)cc1. The summed E-state index contributed by atoms with van der Waals surface area (Å²) in [5.74, 6) is 0. The number of hydrogen-bond acceptors (Lipinski definition) is 0. The third kappa shape index (κ3) is 0.781. The van der Waals surface area contributed by atoms with Gasteiger partial charge in [0.05, 0.1) is 0 Å². The molecule has 0 spiro atoms. The molecule has 47 valence electrons. The first kappa shape index (κ1) is 5.48. The summed E-state index contributed by atoms with van der Waals surface area (Å²) in [7, 11) is 0. The predicted octanol–water partition coefficient (Wildman–Crippen LogP) is 2.44. The fourth-order valence-electron chi connectivity index (χ4n) is 0.964. The standard InChI is InChI=1S/C10H7/c1-2-5-9(6-3-1)10-7-4-8-10/h2-8H. The third-order valence-electron chi connectivity index (χ3n) is 1.60. The average Bonchev–Trinajstić information content (AvgIpc) is 1.86. The molecule has 0 nitrogen and oxygen atoms in total. The maximum absolute atomic E-state index is 2.98. The summed E-state index contributed by atoms with van der Waals surface area (Å²) in [4.78, 5) is 0. The van der Waals surface area contributed by atoms with Gasteiger partial charge in [-0.25, -0.2) is 0 Å². The fourth-order valence-corrected chi connectivity index (χ4v) is 0.964. The Bertz CT molecular complexity index is 278. The number of allylic oxidation sites excluding steroid dienone is 4. The van der Waals surface area contributed by atoms with E-state index in [9.17, 15) is 0 Å². The van der Waals surface area contributed by atoms with Crippen LogP contribution in [0.15, 0.2) is 42.5 Å². The van der Waals surface area contributed by atoms with Crippen molar-refractivity contribution in [1.82, 2.24) is 0 Å². The average molecular weight is 127 g/mol. The highest BCUT2D eigenvalue weighted by molar-refractivity contribution is 5.80. The van der Waals surface area contributed by atoms with Gasteiger partial charge in [-0.1, -0.05) is 42.5 Å². The minimum absolute atomic E-state index is 1.28. The lowest BCUT2D eigenvalue weighted by atomic mass is 10.00. The predicted molar refractivity (Wildman–Crippen MR) is 42.4 cm³/mol. The Balaban J connectivity index is 2.35. The van der Waals surface area contributed by atoms with Crippen molar-refractivity contribution >= 4 is 5.57 Å². The second-order valence-electron chi connectivity index (χ2n) is 2.27. The van der Waals surface area contributed by atoms with Crippen molar-refractivity contribution < 1.29 is 0 Å². The van der Waals surface area contributed by atoms with Gasteiger partial charge in [-0.2, -0.15) is 0 Å². The van der Waals surface area contributed by atoms with E-state index in [0.29, 0.717) is 0 Å². The Morgan fingerprint density at radius 1 is 1.10 bits per heavy atom. The molecule has 0 amide bonds. The van der Waals surface area contributed by atoms with Gasteiger partial charge in [-0.15, -0.1) is 0 Å². The number of rotatable bonds is 1. The minimum Gasteiger partial charge on any atom is -0.0610 e. The Kier molecular flexibility index (Phi) is 1.17. The van der Waals surface area contributed by atoms with Crippen molar-refractivity contribution in [2.75, 3.05) is 0 Å². The molecule has 1 aliphatic carbocycles. The second-order valence-corrected chi connectivity index (χ2v) is 2.27. The van der Waals surface area contributed by atoms with Crippen LogP contribution < -0.4 is 0 Å². The molecule has 1 radical (unpaired) electrons. The maximum atomic E-state index is 2.98. The third-order valence-corrected chi connectivity index (χ3v) is 1.60. The molecular formula is C10H7. The normalized spacial score (nSPS) is 14.2. The molecule has 10 heavy (non-hydrogen) atoms. The van der Waals surface area contributed by atoms with Gasteiger partial charge in [0.1, 0.15) is 0 Å². The summed E-state index contributed by atoms with van der Waals surface area (Å²) in [5.41, 5.74) is 2.59. The summed E-state index contributed by atoms with van der Waals surface area (Å²) in [5, 5.41) is 0. The lowest BCUT2D eigenvalue weighted by molar-refractivity contribution is 1.59. The Hall–Kier alpha value is -1.30. The van der Waals surface area contributed by atoms with Crippen LogP contribution in [-0.4, -0.2) is 0 Å². The molecule has 0 fully saturated rings. The van der Waals surface area contributed by atoms with Gasteiger partial charge in [-0.05, 0) is 17.2 Å². The van der Waals surface area contributed by atoms with Gasteiger partial charge in [0.25, 0.3) is 0 Å². The second kappa shape index (κ2) is 2.14. The quantitative estimate of drug-likeness (QED) is 0.543. The van der Waals surface area contributed by atoms with E-state index in [0.717, 1.165) is 0 Å². The van der Waals surface area contributed by atoms with Crippen LogP contribution >= 0.6 is 0 Å². The van der Waals surface area contributed by atoms with Crippen LogP contribution in [0, 0.1) is 6.07 Å². The van der Waals surface area contributed by atoms with Crippen LogP contribution in [0.5, 0.6) is 0 Å². The van der Waals surface area contributed by atoms with E-state index in [1.807, 2.05) is 18.2 Å². The molecule has 0 bridgehead atoms. The zero-order valence-corrected chi connectivity index (χ0v) is 5.54. The first-order valence-corrected chi connectivity index (χ1v) is 3.32. The highest BCUT2D eigenvalue weighted by Crippen LogP contribution is 2.20. The first-order valence-electron chi connectivity index (χ1n) is 3.32. The molecule has 0 unspecified atom stereocenters. The summed E-state index contributed by atoms with van der Waals surface area (Å²) in [6.07, 6.45) is 6.26. The van der Waals surface area contributed by atoms with Gasteiger partial charge in [0.15, 0.2) is 0 Å². The zero-order chi connectivity index (χ0) is 6.81. The van der Waals surface area contributed by atoms with E-state index >= 15 is 0 Å². The molecular weight excluding hydrogens is 120 g/mol. The van der Waals surface area contributed by atoms with E-state index in [4.69, 9.17) is 0 Å². The molecule has 1 aromatic rings. The van der Waals surface area contributed by atoms with Crippen LogP contribution in [0.1, 0.15) is 5.56 Å². The molecule has 1 aliphatic rings. The summed E-state index contributed by atoms with van der Waals surface area (Å²) < 4.78 is 0. The minimum atomic E-state index is 1.28. The van der Waals surface area contributed by atoms with E-state index in [1.54, 1.807) is 0 Å². The maximum Gasteiger partial charge on any atom is -0.0184 e. The van der Waals surface area contributed by atoms with Crippen molar-refractivity contribution in [1.29, 1.82) is 0 Å². The van der Waals surface area contributed by atoms with Crippen molar-refractivity contribution in [3.8, 4) is 0 Å². The molecule has 0 N–H and O–H groups in total. The van der Waals surface area contributed by atoms with Crippen LogP contribution in [0.3, 0.4) is 0 Å². The summed E-state index contributed by atoms with van der Waals surface area (Å²) in [6.45, 7) is 0. The van der Waals surface area contributed by atoms with Gasteiger partial charge in [0, 0.05) is 0 Å². The molecule has 0 saturated carbocycles. The smallest absolute Gasteiger partial charge is 0.0184 e. The zero-order valence-electron chi connectivity index (χ0n) is 5.54. The Labute approximate surface area is 60.5 Å². The van der Waals surface area contributed by atoms with Crippen molar-refractivity contribution in [2.45, 2.75) is 0 Å². The van der Waals surface area contributed by atoms with Gasteiger partial charge >= 0.3 is 0 Å². The molecule has 0 aromatic heterocycles. The largest absolute Gasteiger partial charge is 0.0610 e. The van der Waals surface area contributed by atoms with Crippen LogP contribution in [0.2, 0.25) is 0 Å². The van der Waals surface area contributed by atoms with Gasteiger partial charge in [-0.3, -0.25) is 0 Å². The number of benzene rings is 1. The van der Waals surface area contributed by atoms with Crippen molar-refractivity contribution in [2.24, 2.45) is 0 Å². The van der Waals surface area contributed by atoms with Crippen LogP contribution in [0.4, 0.5) is 0 Å². The van der Waals surface area contributed by atoms with Crippen molar-refractivity contribution in [3.63, 3.8) is 0 Å². The molecule has 2 rings (SSSR count). The fraction of sp³-hybridized carbons (Fsp3) is 0. The van der Waals surface area contributed by atoms with Crippen molar-refractivity contribution in [3.05, 3.63) is 54.1 Å². The van der Waals surface area contributed by atoms with E-state index < -0.39 is 0 Å². The Morgan fingerprint density at radius 2 is 1.80 bits per heavy atom. The van der Waals surface area contributed by atoms with Gasteiger partial charge in [0.2, 0.25) is 0 Å². The summed E-state index contributed by atoms with van der Waals surface area (Å²) >= 11 is 0. The first-order chi connectivity index (χ1) is 4.97. The monoisotopic (exact) mass is 127 g/mol. The highest BCUT2D eigenvalue weighted by Gasteiger charge is 1.98. The molecule has 0 aliphatic heterocycles. The summed E-state index contributed by atoms with van der Waals surface area (Å²) in [6, 6.07) is 11.0. The van der Waals surface area contributed by atoms with E-state index in [2.05, 4.69) is 30.4 Å². The molecule has 0 saturated heterocycles. The van der Waals surface area contributed by atoms with Gasteiger partial charge < -0.3 is 0 Å². The molecule has 0 heteroatoms. The molecule has 0 heterocycles. The Morgan fingerprint density at radius 3 is 2.30 bits per heavy atom. The van der Waals surface area contributed by atoms with E-state index in [-0.39, 0.29) is 0 Å². The number of hydrogen-bond donors (Lipinski definition) is 0. The lowest BCUT2D eigenvalue weighted by Crippen LogP contribution is -1.83. The topological polar surface area (TPSA) is 0 Å². The van der Waals surface area contributed by atoms with E-state index in [1.165, 1.54) is 11.1 Å². The van der Waals surface area contributed by atoms with Crippen LogP contribution in [0.25, 0.3) is 5.57 Å². The van der Waals surface area contributed by atoms with Crippen LogP contribution in [-0.2, 0) is 0 Å². The molecule has 0 atom stereocenters. The lowest BCUT2D eigenvalue weighted by Gasteiger charge is -2.05. The molecule has 1 aromatic carbocycles.